The van der Waals surface area contributed by atoms with Crippen LogP contribution < -0.4 is 0 Å². The van der Waals surface area contributed by atoms with Gasteiger partial charge in [-0.25, -0.2) is 4.39 Å². The Morgan fingerprint density at radius 2 is 2.17 bits per heavy atom. The fourth-order valence-corrected chi connectivity index (χ4v) is 2.16. The first kappa shape index (κ1) is 13.1. The summed E-state index contributed by atoms with van der Waals surface area (Å²) >= 11 is 0. The van der Waals surface area contributed by atoms with E-state index in [2.05, 4.69) is 6.58 Å². The molecular weight excluding hydrogens is 241 g/mol. The zero-order valence-electron chi connectivity index (χ0n) is 10.2. The van der Waals surface area contributed by atoms with E-state index >= 15 is 0 Å². The van der Waals surface area contributed by atoms with E-state index < -0.39 is 23.4 Å². The number of hydrogen-bond acceptors (Lipinski definition) is 1. The highest BCUT2D eigenvalue weighted by molar-refractivity contribution is 5.62. The molecule has 1 aromatic rings. The second-order valence-corrected chi connectivity index (χ2v) is 4.57. The Labute approximate surface area is 104 Å². The standard InChI is InChI=1S/C14H15F3O/c1-9(2)10-5-3-6-11(13(10)15)14(16,17)12-7-4-8-18-12/h3,5-6,12H,1,4,7-8H2,2H3/t12-/m0/s1. The lowest BCUT2D eigenvalue weighted by molar-refractivity contribution is -0.124. The van der Waals surface area contributed by atoms with Gasteiger partial charge >= 0.3 is 5.92 Å². The number of hydrogen-bond donors (Lipinski definition) is 0. The molecule has 0 unspecified atom stereocenters. The van der Waals surface area contributed by atoms with Crippen LogP contribution in [0.2, 0.25) is 0 Å². The number of allylic oxidation sites excluding steroid dienone is 1. The average molecular weight is 256 g/mol. The SMILES string of the molecule is C=C(C)c1cccc(C(F)(F)[C@@H]2CCCO2)c1F. The van der Waals surface area contributed by atoms with Crippen LogP contribution in [0.5, 0.6) is 0 Å². The summed E-state index contributed by atoms with van der Waals surface area (Å²) in [5.41, 5.74) is -0.0439. The summed E-state index contributed by atoms with van der Waals surface area (Å²) in [6.45, 7) is 5.49. The molecular formula is C14H15F3O. The van der Waals surface area contributed by atoms with Crippen LogP contribution in [0.4, 0.5) is 13.2 Å². The largest absolute Gasteiger partial charge is 0.372 e. The molecule has 1 heterocycles. The number of alkyl halides is 2. The normalized spacial score (nSPS) is 20.1. The van der Waals surface area contributed by atoms with Gasteiger partial charge in [0.25, 0.3) is 0 Å². The number of benzene rings is 1. The number of rotatable bonds is 3. The lowest BCUT2D eigenvalue weighted by Gasteiger charge is -2.24. The Bertz CT molecular complexity index is 462. The molecule has 1 nitrogen and oxygen atoms in total. The van der Waals surface area contributed by atoms with Crippen LogP contribution in [0.25, 0.3) is 5.57 Å². The van der Waals surface area contributed by atoms with E-state index in [0.717, 1.165) is 6.07 Å². The van der Waals surface area contributed by atoms with Gasteiger partial charge in [0.05, 0.1) is 5.56 Å². The molecule has 1 aromatic carbocycles. The zero-order chi connectivity index (χ0) is 13.3. The van der Waals surface area contributed by atoms with Gasteiger partial charge in [-0.1, -0.05) is 18.7 Å². The maximum Gasteiger partial charge on any atom is 0.301 e. The van der Waals surface area contributed by atoms with E-state index in [1.807, 2.05) is 0 Å². The zero-order valence-corrected chi connectivity index (χ0v) is 10.2. The lowest BCUT2D eigenvalue weighted by atomic mass is 9.96. The molecule has 0 amide bonds. The Hall–Kier alpha value is -1.29. The van der Waals surface area contributed by atoms with Crippen molar-refractivity contribution in [2.24, 2.45) is 0 Å². The first-order valence-corrected chi connectivity index (χ1v) is 5.89. The van der Waals surface area contributed by atoms with E-state index in [0.29, 0.717) is 18.6 Å². The minimum Gasteiger partial charge on any atom is -0.372 e. The maximum atomic E-state index is 14.2. The van der Waals surface area contributed by atoms with Gasteiger partial charge in [0.1, 0.15) is 11.9 Å². The Morgan fingerprint density at radius 3 is 2.72 bits per heavy atom. The molecule has 18 heavy (non-hydrogen) atoms. The van der Waals surface area contributed by atoms with Crippen molar-refractivity contribution in [1.82, 2.24) is 0 Å². The molecule has 0 radical (unpaired) electrons. The van der Waals surface area contributed by atoms with Crippen LogP contribution in [0, 0.1) is 5.82 Å². The molecule has 0 spiro atoms. The van der Waals surface area contributed by atoms with Crippen molar-refractivity contribution in [1.29, 1.82) is 0 Å². The molecule has 0 N–H and O–H groups in total. The van der Waals surface area contributed by atoms with Crippen LogP contribution >= 0.6 is 0 Å². The highest BCUT2D eigenvalue weighted by atomic mass is 19.3. The van der Waals surface area contributed by atoms with E-state index in [-0.39, 0.29) is 12.0 Å². The molecule has 1 saturated heterocycles. The first-order chi connectivity index (χ1) is 8.44. The molecule has 0 aliphatic carbocycles. The first-order valence-electron chi connectivity index (χ1n) is 5.89. The molecule has 1 aliphatic rings. The van der Waals surface area contributed by atoms with Gasteiger partial charge in [0.2, 0.25) is 0 Å². The third kappa shape index (κ3) is 2.17. The third-order valence-corrected chi connectivity index (χ3v) is 3.15. The van der Waals surface area contributed by atoms with Crippen molar-refractivity contribution in [3.05, 3.63) is 41.7 Å². The minimum absolute atomic E-state index is 0.130. The minimum atomic E-state index is -3.30. The van der Waals surface area contributed by atoms with Crippen LogP contribution in [-0.4, -0.2) is 12.7 Å². The van der Waals surface area contributed by atoms with Gasteiger partial charge in [-0.3, -0.25) is 0 Å². The molecule has 1 atom stereocenters. The molecule has 2 rings (SSSR count). The van der Waals surface area contributed by atoms with Gasteiger partial charge in [0, 0.05) is 12.2 Å². The van der Waals surface area contributed by atoms with Crippen molar-refractivity contribution >= 4 is 5.57 Å². The highest BCUT2D eigenvalue weighted by Crippen LogP contribution is 2.40. The van der Waals surface area contributed by atoms with Gasteiger partial charge < -0.3 is 4.74 Å². The molecule has 0 aromatic heterocycles. The monoisotopic (exact) mass is 256 g/mol. The van der Waals surface area contributed by atoms with Gasteiger partial charge in [-0.15, -0.1) is 0 Å². The van der Waals surface area contributed by atoms with Gasteiger partial charge in [0.15, 0.2) is 0 Å². The molecule has 98 valence electrons. The third-order valence-electron chi connectivity index (χ3n) is 3.15. The summed E-state index contributed by atoms with van der Waals surface area (Å²) in [6.07, 6.45) is -0.390. The van der Waals surface area contributed by atoms with Crippen molar-refractivity contribution in [2.45, 2.75) is 31.8 Å². The predicted octanol–water partition coefficient (Wildman–Crippen LogP) is 4.13. The molecule has 1 fully saturated rings. The summed E-state index contributed by atoms with van der Waals surface area (Å²) in [5, 5.41) is 0. The Morgan fingerprint density at radius 1 is 1.44 bits per heavy atom. The fourth-order valence-electron chi connectivity index (χ4n) is 2.16. The van der Waals surface area contributed by atoms with Crippen LogP contribution in [0.15, 0.2) is 24.8 Å². The van der Waals surface area contributed by atoms with E-state index in [1.165, 1.54) is 12.1 Å². The average Bonchev–Trinajstić information content (AvgIpc) is 2.82. The smallest absolute Gasteiger partial charge is 0.301 e. The summed E-state index contributed by atoms with van der Waals surface area (Å²) < 4.78 is 47.4. The maximum absolute atomic E-state index is 14.2. The van der Waals surface area contributed by atoms with Crippen LogP contribution in [-0.2, 0) is 10.7 Å². The van der Waals surface area contributed by atoms with Crippen molar-refractivity contribution in [3.63, 3.8) is 0 Å². The summed E-state index contributed by atoms with van der Waals surface area (Å²) in [4.78, 5) is 0. The molecule has 1 aliphatic heterocycles. The van der Waals surface area contributed by atoms with E-state index in [4.69, 9.17) is 4.74 Å². The predicted molar refractivity (Wildman–Crippen MR) is 64.0 cm³/mol. The summed E-state index contributed by atoms with van der Waals surface area (Å²) in [5.74, 6) is -4.20. The van der Waals surface area contributed by atoms with Crippen molar-refractivity contribution in [2.75, 3.05) is 6.61 Å². The van der Waals surface area contributed by atoms with Crippen molar-refractivity contribution in [3.8, 4) is 0 Å². The second-order valence-electron chi connectivity index (χ2n) is 4.57. The number of halogens is 3. The fraction of sp³-hybridized carbons (Fsp3) is 0.429. The Kier molecular flexibility index (Phi) is 3.48. The van der Waals surface area contributed by atoms with E-state index in [1.54, 1.807) is 6.92 Å². The van der Waals surface area contributed by atoms with Crippen molar-refractivity contribution < 1.29 is 17.9 Å². The van der Waals surface area contributed by atoms with Gasteiger partial charge in [-0.05, 0) is 31.4 Å². The molecule has 4 heteroatoms. The summed E-state index contributed by atoms with van der Waals surface area (Å²) in [6, 6.07) is 3.99. The highest BCUT2D eigenvalue weighted by Gasteiger charge is 2.46. The molecule has 0 saturated carbocycles. The molecule has 0 bridgehead atoms. The van der Waals surface area contributed by atoms with Gasteiger partial charge in [-0.2, -0.15) is 8.78 Å². The van der Waals surface area contributed by atoms with Crippen LogP contribution in [0.1, 0.15) is 30.9 Å². The quantitative estimate of drug-likeness (QED) is 0.790. The topological polar surface area (TPSA) is 9.23 Å². The summed E-state index contributed by atoms with van der Waals surface area (Å²) in [7, 11) is 0. The van der Waals surface area contributed by atoms with Crippen LogP contribution in [0.3, 0.4) is 0 Å². The van der Waals surface area contributed by atoms with E-state index in [9.17, 15) is 13.2 Å². The second kappa shape index (κ2) is 4.76. The number of ether oxygens (including phenoxy) is 1. The lowest BCUT2D eigenvalue weighted by Crippen LogP contribution is -2.31. The Balaban J connectivity index is 2.43.